The molecule has 2 N–H and O–H groups in total. The zero-order chi connectivity index (χ0) is 21.0. The van der Waals surface area contributed by atoms with E-state index in [0.717, 1.165) is 11.1 Å². The van der Waals surface area contributed by atoms with Crippen LogP contribution in [-0.2, 0) is 15.1 Å². The van der Waals surface area contributed by atoms with E-state index in [9.17, 15) is 9.90 Å². The van der Waals surface area contributed by atoms with Crippen LogP contribution in [0, 0.1) is 6.92 Å². The lowest BCUT2D eigenvalue weighted by Crippen LogP contribution is -2.46. The van der Waals surface area contributed by atoms with Gasteiger partial charge in [-0.25, -0.2) is 9.78 Å². The molecule has 0 aliphatic carbocycles. The zero-order valence-electron chi connectivity index (χ0n) is 15.9. The lowest BCUT2D eigenvalue weighted by Gasteiger charge is -2.36. The standard InChI is InChI=1S/C22H20Cl2N2O3/c1-14-5-3-4-6-18(14)20(26-17-10-8-16(23)9-11-17)22(28,21(27)29-2)15-7-12-19(24)25-13-15/h3-13,20,26,28H,1-2H3/t20-,22-/m0/s1. The average molecular weight is 431 g/mol. The molecule has 0 aliphatic rings. The Bertz CT molecular complexity index is 994. The Labute approximate surface area is 179 Å². The second kappa shape index (κ2) is 8.82. The van der Waals surface area contributed by atoms with E-state index >= 15 is 0 Å². The van der Waals surface area contributed by atoms with E-state index in [0.29, 0.717) is 10.7 Å². The van der Waals surface area contributed by atoms with Crippen molar-refractivity contribution in [3.8, 4) is 0 Å². The zero-order valence-corrected chi connectivity index (χ0v) is 17.4. The van der Waals surface area contributed by atoms with Crippen molar-refractivity contribution in [3.63, 3.8) is 0 Å². The normalized spacial score (nSPS) is 14.0. The number of aryl methyl sites for hydroxylation is 1. The number of pyridine rings is 1. The number of carbonyl (C=O) groups is 1. The summed E-state index contributed by atoms with van der Waals surface area (Å²) in [7, 11) is 1.23. The van der Waals surface area contributed by atoms with Crippen molar-refractivity contribution in [2.24, 2.45) is 0 Å². The number of methoxy groups -OCH3 is 1. The van der Waals surface area contributed by atoms with E-state index in [1.54, 1.807) is 30.3 Å². The monoisotopic (exact) mass is 430 g/mol. The first-order valence-corrected chi connectivity index (χ1v) is 9.62. The van der Waals surface area contributed by atoms with E-state index in [-0.39, 0.29) is 10.7 Å². The summed E-state index contributed by atoms with van der Waals surface area (Å²) < 4.78 is 4.99. The van der Waals surface area contributed by atoms with Crippen molar-refractivity contribution in [2.75, 3.05) is 12.4 Å². The van der Waals surface area contributed by atoms with Gasteiger partial charge in [0.1, 0.15) is 5.15 Å². The fourth-order valence-electron chi connectivity index (χ4n) is 3.19. The molecule has 7 heteroatoms. The van der Waals surface area contributed by atoms with E-state index in [1.807, 2.05) is 31.2 Å². The highest BCUT2D eigenvalue weighted by molar-refractivity contribution is 6.30. The van der Waals surface area contributed by atoms with Gasteiger partial charge in [0.2, 0.25) is 5.60 Å². The number of esters is 1. The smallest absolute Gasteiger partial charge is 0.345 e. The highest BCUT2D eigenvalue weighted by atomic mass is 35.5. The number of ether oxygens (including phenoxy) is 1. The van der Waals surface area contributed by atoms with Crippen LogP contribution in [-0.4, -0.2) is 23.2 Å². The summed E-state index contributed by atoms with van der Waals surface area (Å²) in [5.74, 6) is -0.823. The number of hydrogen-bond donors (Lipinski definition) is 2. The number of nitrogens with one attached hydrogen (secondary N) is 1. The summed E-state index contributed by atoms with van der Waals surface area (Å²) in [6, 6.07) is 16.7. The number of carbonyl (C=O) groups excluding carboxylic acids is 1. The van der Waals surface area contributed by atoms with Gasteiger partial charge in [-0.3, -0.25) is 0 Å². The second-order valence-electron chi connectivity index (χ2n) is 6.57. The van der Waals surface area contributed by atoms with Gasteiger partial charge in [-0.1, -0.05) is 53.5 Å². The number of aromatic nitrogens is 1. The number of anilines is 1. The van der Waals surface area contributed by atoms with Gasteiger partial charge in [-0.15, -0.1) is 0 Å². The summed E-state index contributed by atoms with van der Waals surface area (Å²) in [6.45, 7) is 1.91. The topological polar surface area (TPSA) is 71.5 Å². The molecule has 0 saturated carbocycles. The molecule has 29 heavy (non-hydrogen) atoms. The Kier molecular flexibility index (Phi) is 6.42. The molecule has 150 valence electrons. The van der Waals surface area contributed by atoms with Gasteiger partial charge in [0, 0.05) is 22.5 Å². The molecule has 2 aromatic carbocycles. The molecule has 2 atom stereocenters. The van der Waals surface area contributed by atoms with Crippen molar-refractivity contribution < 1.29 is 14.6 Å². The molecular weight excluding hydrogens is 411 g/mol. The molecule has 0 spiro atoms. The van der Waals surface area contributed by atoms with E-state index in [2.05, 4.69) is 10.3 Å². The predicted molar refractivity (Wildman–Crippen MR) is 114 cm³/mol. The summed E-state index contributed by atoms with van der Waals surface area (Å²) in [6.07, 6.45) is 1.37. The second-order valence-corrected chi connectivity index (χ2v) is 7.39. The van der Waals surface area contributed by atoms with Crippen molar-refractivity contribution in [1.82, 2.24) is 4.98 Å². The quantitative estimate of drug-likeness (QED) is 0.429. The summed E-state index contributed by atoms with van der Waals surface area (Å²) in [5, 5.41) is 15.8. The SMILES string of the molecule is COC(=O)[C@](O)(c1ccc(Cl)nc1)[C@@H](Nc1ccc(Cl)cc1)c1ccccc1C. The van der Waals surface area contributed by atoms with Crippen LogP contribution >= 0.6 is 23.2 Å². The first-order valence-electron chi connectivity index (χ1n) is 8.86. The van der Waals surface area contributed by atoms with Crippen molar-refractivity contribution in [2.45, 2.75) is 18.6 Å². The highest BCUT2D eigenvalue weighted by Gasteiger charge is 2.48. The molecule has 1 aromatic heterocycles. The Hall–Kier alpha value is -2.60. The first-order chi connectivity index (χ1) is 13.9. The van der Waals surface area contributed by atoms with Gasteiger partial charge in [-0.05, 0) is 48.4 Å². The first kappa shape index (κ1) is 21.1. The maximum absolute atomic E-state index is 12.9. The van der Waals surface area contributed by atoms with Gasteiger partial charge in [0.15, 0.2) is 0 Å². The van der Waals surface area contributed by atoms with Gasteiger partial charge < -0.3 is 15.2 Å². The summed E-state index contributed by atoms with van der Waals surface area (Å²) >= 11 is 11.9. The molecule has 1 heterocycles. The molecule has 3 rings (SSSR count). The van der Waals surface area contributed by atoms with Crippen molar-refractivity contribution in [1.29, 1.82) is 0 Å². The Morgan fingerprint density at radius 2 is 1.79 bits per heavy atom. The minimum absolute atomic E-state index is 0.249. The van der Waals surface area contributed by atoms with E-state index in [1.165, 1.54) is 19.4 Å². The fourth-order valence-corrected chi connectivity index (χ4v) is 3.43. The number of rotatable bonds is 6. The third-order valence-electron chi connectivity index (χ3n) is 4.74. The number of benzene rings is 2. The molecule has 3 aromatic rings. The molecule has 0 unspecified atom stereocenters. The average Bonchev–Trinajstić information content (AvgIpc) is 2.73. The van der Waals surface area contributed by atoms with Crippen LogP contribution in [0.25, 0.3) is 0 Å². The maximum atomic E-state index is 12.9. The maximum Gasteiger partial charge on any atom is 0.345 e. The largest absolute Gasteiger partial charge is 0.467 e. The summed E-state index contributed by atoms with van der Waals surface area (Å²) in [4.78, 5) is 16.9. The van der Waals surface area contributed by atoms with Gasteiger partial charge in [0.25, 0.3) is 0 Å². The van der Waals surface area contributed by atoms with Crippen LogP contribution in [0.5, 0.6) is 0 Å². The number of halogens is 2. The fraction of sp³-hybridized carbons (Fsp3) is 0.182. The lowest BCUT2D eigenvalue weighted by atomic mass is 9.81. The third-order valence-corrected chi connectivity index (χ3v) is 5.21. The Balaban J connectivity index is 2.19. The van der Waals surface area contributed by atoms with Gasteiger partial charge >= 0.3 is 5.97 Å². The van der Waals surface area contributed by atoms with Crippen LogP contribution in [0.3, 0.4) is 0 Å². The van der Waals surface area contributed by atoms with Crippen LogP contribution in [0.4, 0.5) is 5.69 Å². The Morgan fingerprint density at radius 1 is 1.10 bits per heavy atom. The van der Waals surface area contributed by atoms with Crippen LogP contribution in [0.15, 0.2) is 66.9 Å². The van der Waals surface area contributed by atoms with Crippen molar-refractivity contribution >= 4 is 34.9 Å². The number of aliphatic hydroxyl groups is 1. The Morgan fingerprint density at radius 3 is 2.38 bits per heavy atom. The van der Waals surface area contributed by atoms with E-state index in [4.69, 9.17) is 27.9 Å². The third kappa shape index (κ3) is 4.37. The number of hydrogen-bond acceptors (Lipinski definition) is 5. The van der Waals surface area contributed by atoms with Crippen molar-refractivity contribution in [3.05, 3.63) is 93.7 Å². The molecule has 0 radical (unpaired) electrons. The molecule has 0 saturated heterocycles. The van der Waals surface area contributed by atoms with Gasteiger partial charge in [-0.2, -0.15) is 0 Å². The predicted octanol–water partition coefficient (Wildman–Crippen LogP) is 4.91. The molecule has 5 nitrogen and oxygen atoms in total. The molecule has 0 fully saturated rings. The van der Waals surface area contributed by atoms with Crippen LogP contribution in [0.2, 0.25) is 10.2 Å². The number of nitrogens with zero attached hydrogens (tertiary/aromatic N) is 1. The highest BCUT2D eigenvalue weighted by Crippen LogP contribution is 2.40. The van der Waals surface area contributed by atoms with Crippen LogP contribution in [0.1, 0.15) is 22.7 Å². The molecule has 0 aliphatic heterocycles. The molecule has 0 bridgehead atoms. The molecular formula is C22H20Cl2N2O3. The minimum Gasteiger partial charge on any atom is -0.467 e. The lowest BCUT2D eigenvalue weighted by molar-refractivity contribution is -0.165. The summed E-state index contributed by atoms with van der Waals surface area (Å²) in [5.41, 5.74) is 0.474. The minimum atomic E-state index is -2.07. The van der Waals surface area contributed by atoms with Gasteiger partial charge in [0.05, 0.1) is 13.2 Å². The van der Waals surface area contributed by atoms with Crippen LogP contribution < -0.4 is 5.32 Å². The molecule has 0 amide bonds. The van der Waals surface area contributed by atoms with E-state index < -0.39 is 17.6 Å².